The Morgan fingerprint density at radius 3 is 3.07 bits per heavy atom. The summed E-state index contributed by atoms with van der Waals surface area (Å²) < 4.78 is 5.02. The third-order valence-electron chi connectivity index (χ3n) is 2.43. The average Bonchev–Trinajstić information content (AvgIpc) is 2.70. The Kier molecular flexibility index (Phi) is 4.96. The van der Waals surface area contributed by atoms with E-state index in [0.717, 1.165) is 13.1 Å². The molecule has 0 amide bonds. The Morgan fingerprint density at radius 1 is 1.67 bits per heavy atom. The molecule has 82 valence electrons. The minimum atomic E-state index is 0.452. The standard InChI is InChI=1S/C12H18N2O/c1-4-6-13-8-11(2)14(3)9-12-5-7-15-10-12/h1,5,7,10-11,13H,6,8-9H2,2-3H3. The fourth-order valence-electron chi connectivity index (χ4n) is 1.34. The number of hydrogen-bond acceptors (Lipinski definition) is 3. The van der Waals surface area contributed by atoms with Crippen LogP contribution in [0.3, 0.4) is 0 Å². The van der Waals surface area contributed by atoms with Gasteiger partial charge < -0.3 is 9.73 Å². The van der Waals surface area contributed by atoms with Gasteiger partial charge in [-0.25, -0.2) is 0 Å². The molecule has 0 fully saturated rings. The van der Waals surface area contributed by atoms with Gasteiger partial charge in [0.25, 0.3) is 0 Å². The van der Waals surface area contributed by atoms with E-state index >= 15 is 0 Å². The lowest BCUT2D eigenvalue weighted by Crippen LogP contribution is -2.37. The fraction of sp³-hybridized carbons (Fsp3) is 0.500. The van der Waals surface area contributed by atoms with Crippen LogP contribution in [0.2, 0.25) is 0 Å². The number of hydrogen-bond donors (Lipinski definition) is 1. The average molecular weight is 206 g/mol. The van der Waals surface area contributed by atoms with Gasteiger partial charge in [-0.05, 0) is 20.0 Å². The molecule has 3 heteroatoms. The molecular weight excluding hydrogens is 188 g/mol. The van der Waals surface area contributed by atoms with Crippen LogP contribution in [0.5, 0.6) is 0 Å². The quantitative estimate of drug-likeness (QED) is 0.562. The minimum absolute atomic E-state index is 0.452. The van der Waals surface area contributed by atoms with Gasteiger partial charge in [-0.3, -0.25) is 4.90 Å². The molecule has 1 atom stereocenters. The maximum Gasteiger partial charge on any atom is 0.0947 e. The largest absolute Gasteiger partial charge is 0.472 e. The van der Waals surface area contributed by atoms with Gasteiger partial charge in [0.15, 0.2) is 0 Å². The summed E-state index contributed by atoms with van der Waals surface area (Å²) in [4.78, 5) is 2.26. The van der Waals surface area contributed by atoms with Crippen LogP contribution in [0.4, 0.5) is 0 Å². The number of rotatable bonds is 6. The molecule has 1 heterocycles. The van der Waals surface area contributed by atoms with Gasteiger partial charge in [-0.1, -0.05) is 5.92 Å². The Labute approximate surface area is 91.5 Å². The summed E-state index contributed by atoms with van der Waals surface area (Å²) >= 11 is 0. The molecule has 1 aromatic heterocycles. The topological polar surface area (TPSA) is 28.4 Å². The molecule has 0 saturated carbocycles. The highest BCUT2D eigenvalue weighted by Gasteiger charge is 2.09. The highest BCUT2D eigenvalue weighted by atomic mass is 16.3. The van der Waals surface area contributed by atoms with Gasteiger partial charge >= 0.3 is 0 Å². The molecule has 15 heavy (non-hydrogen) atoms. The van der Waals surface area contributed by atoms with Crippen LogP contribution < -0.4 is 5.32 Å². The second-order valence-corrected chi connectivity index (χ2v) is 3.73. The second-order valence-electron chi connectivity index (χ2n) is 3.73. The van der Waals surface area contributed by atoms with E-state index in [1.165, 1.54) is 5.56 Å². The first-order valence-corrected chi connectivity index (χ1v) is 5.09. The van der Waals surface area contributed by atoms with E-state index in [0.29, 0.717) is 12.6 Å². The van der Waals surface area contributed by atoms with Crippen molar-refractivity contribution < 1.29 is 4.42 Å². The molecular formula is C12H18N2O. The van der Waals surface area contributed by atoms with E-state index in [1.54, 1.807) is 12.5 Å². The van der Waals surface area contributed by atoms with Crippen LogP contribution in [-0.4, -0.2) is 31.1 Å². The van der Waals surface area contributed by atoms with E-state index in [9.17, 15) is 0 Å². The smallest absolute Gasteiger partial charge is 0.0947 e. The van der Waals surface area contributed by atoms with E-state index in [1.807, 2.05) is 6.07 Å². The predicted molar refractivity (Wildman–Crippen MR) is 61.3 cm³/mol. The molecule has 0 aliphatic rings. The van der Waals surface area contributed by atoms with E-state index < -0.39 is 0 Å². The van der Waals surface area contributed by atoms with Crippen LogP contribution >= 0.6 is 0 Å². The van der Waals surface area contributed by atoms with Crippen molar-refractivity contribution in [3.63, 3.8) is 0 Å². The Balaban J connectivity index is 2.27. The summed E-state index contributed by atoms with van der Waals surface area (Å²) in [6.07, 6.45) is 8.64. The van der Waals surface area contributed by atoms with Gasteiger partial charge in [0.2, 0.25) is 0 Å². The lowest BCUT2D eigenvalue weighted by molar-refractivity contribution is 0.244. The Morgan fingerprint density at radius 2 is 2.47 bits per heavy atom. The fourth-order valence-corrected chi connectivity index (χ4v) is 1.34. The SMILES string of the molecule is C#CCNCC(C)N(C)Cc1ccoc1. The zero-order valence-electron chi connectivity index (χ0n) is 9.36. The number of nitrogens with zero attached hydrogens (tertiary/aromatic N) is 1. The first-order chi connectivity index (χ1) is 7.24. The van der Waals surface area contributed by atoms with Gasteiger partial charge in [0.1, 0.15) is 0 Å². The lowest BCUT2D eigenvalue weighted by atomic mass is 10.2. The molecule has 0 aromatic carbocycles. The first-order valence-electron chi connectivity index (χ1n) is 5.09. The molecule has 3 nitrogen and oxygen atoms in total. The van der Waals surface area contributed by atoms with Gasteiger partial charge in [0.05, 0.1) is 19.1 Å². The van der Waals surface area contributed by atoms with Crippen LogP contribution in [0.15, 0.2) is 23.0 Å². The van der Waals surface area contributed by atoms with Crippen molar-refractivity contribution in [3.05, 3.63) is 24.2 Å². The summed E-state index contributed by atoms with van der Waals surface area (Å²) in [5.74, 6) is 2.56. The van der Waals surface area contributed by atoms with Crippen LogP contribution in [0, 0.1) is 12.3 Å². The number of furan rings is 1. The minimum Gasteiger partial charge on any atom is -0.472 e. The zero-order valence-corrected chi connectivity index (χ0v) is 9.36. The molecule has 1 aromatic rings. The molecule has 0 radical (unpaired) electrons. The molecule has 0 bridgehead atoms. The van der Waals surface area contributed by atoms with Crippen molar-refractivity contribution in [1.82, 2.24) is 10.2 Å². The predicted octanol–water partition coefficient (Wildman–Crippen LogP) is 1.32. The van der Waals surface area contributed by atoms with Crippen LogP contribution in [0.1, 0.15) is 12.5 Å². The van der Waals surface area contributed by atoms with Gasteiger partial charge in [-0.2, -0.15) is 0 Å². The van der Waals surface area contributed by atoms with E-state index in [2.05, 4.69) is 30.1 Å². The van der Waals surface area contributed by atoms with Crippen molar-refractivity contribution in [2.24, 2.45) is 0 Å². The first kappa shape index (κ1) is 11.8. The maximum absolute atomic E-state index is 5.16. The molecule has 1 rings (SSSR count). The van der Waals surface area contributed by atoms with Crippen molar-refractivity contribution in [1.29, 1.82) is 0 Å². The number of nitrogens with one attached hydrogen (secondary N) is 1. The van der Waals surface area contributed by atoms with E-state index in [4.69, 9.17) is 10.8 Å². The van der Waals surface area contributed by atoms with E-state index in [-0.39, 0.29) is 0 Å². The number of terminal acetylenes is 1. The molecule has 1 N–H and O–H groups in total. The summed E-state index contributed by atoms with van der Waals surface area (Å²) in [6, 6.07) is 2.44. The highest BCUT2D eigenvalue weighted by Crippen LogP contribution is 2.06. The van der Waals surface area contributed by atoms with Crippen molar-refractivity contribution in [3.8, 4) is 12.3 Å². The van der Waals surface area contributed by atoms with Crippen LogP contribution in [-0.2, 0) is 6.54 Å². The third kappa shape index (κ3) is 4.20. The molecule has 0 aliphatic carbocycles. The molecule has 0 saturated heterocycles. The molecule has 0 spiro atoms. The monoisotopic (exact) mass is 206 g/mol. The van der Waals surface area contributed by atoms with Crippen molar-refractivity contribution in [2.45, 2.75) is 19.5 Å². The maximum atomic E-state index is 5.16. The zero-order chi connectivity index (χ0) is 11.1. The van der Waals surface area contributed by atoms with Crippen LogP contribution in [0.25, 0.3) is 0 Å². The third-order valence-corrected chi connectivity index (χ3v) is 2.43. The molecule has 0 aliphatic heterocycles. The Bertz CT molecular complexity index is 300. The molecule has 1 unspecified atom stereocenters. The lowest BCUT2D eigenvalue weighted by Gasteiger charge is -2.24. The summed E-state index contributed by atoms with van der Waals surface area (Å²) in [5, 5.41) is 3.19. The second kappa shape index (κ2) is 6.28. The summed E-state index contributed by atoms with van der Waals surface area (Å²) in [7, 11) is 2.09. The highest BCUT2D eigenvalue weighted by molar-refractivity contribution is 5.04. The van der Waals surface area contributed by atoms with Gasteiger partial charge in [0, 0.05) is 24.7 Å². The van der Waals surface area contributed by atoms with Crippen molar-refractivity contribution in [2.75, 3.05) is 20.1 Å². The summed E-state index contributed by atoms with van der Waals surface area (Å²) in [6.45, 7) is 4.60. The summed E-state index contributed by atoms with van der Waals surface area (Å²) in [5.41, 5.74) is 1.20. The Hall–Kier alpha value is -1.24. The van der Waals surface area contributed by atoms with Gasteiger partial charge in [-0.15, -0.1) is 6.42 Å². The number of likely N-dealkylation sites (N-methyl/N-ethyl adjacent to an activating group) is 1. The van der Waals surface area contributed by atoms with Crippen molar-refractivity contribution >= 4 is 0 Å². The normalized spacial score (nSPS) is 12.7.